The van der Waals surface area contributed by atoms with E-state index in [0.29, 0.717) is 31.9 Å². The van der Waals surface area contributed by atoms with Gasteiger partial charge < -0.3 is 24.4 Å². The van der Waals surface area contributed by atoms with E-state index in [0.717, 1.165) is 5.69 Å². The van der Waals surface area contributed by atoms with Crippen molar-refractivity contribution in [1.82, 2.24) is 0 Å². The van der Waals surface area contributed by atoms with Gasteiger partial charge in [0.2, 0.25) is 5.91 Å². The fourth-order valence-electron chi connectivity index (χ4n) is 3.10. The monoisotopic (exact) mass is 432 g/mol. The third-order valence-electron chi connectivity index (χ3n) is 4.59. The molecule has 1 aliphatic heterocycles. The minimum Gasteiger partial charge on any atom is -0.465 e. The van der Waals surface area contributed by atoms with Gasteiger partial charge in [0, 0.05) is 30.4 Å². The highest BCUT2D eigenvalue weighted by molar-refractivity contribution is 6.07. The molecule has 3 rings (SSSR count). The predicted octanol–water partition coefficient (Wildman–Crippen LogP) is 3.56. The van der Waals surface area contributed by atoms with E-state index < -0.39 is 18.5 Å². The topological polar surface area (TPSA) is 77.1 Å². The summed E-state index contributed by atoms with van der Waals surface area (Å²) in [7, 11) is 1.26. The number of benzene rings is 2. The van der Waals surface area contributed by atoms with Crippen LogP contribution >= 0.6 is 0 Å². The number of rotatable bonds is 7. The third kappa shape index (κ3) is 6.02. The molecule has 7 nitrogen and oxygen atoms in total. The molecule has 1 fully saturated rings. The standard InChI is InChI=1S/C22H22F2N2O5/c1-29-21(28)17-14-16(26-10-12-30-13-11-26)7-8-18(17)25-20(27)9-6-15-4-2-3-5-19(15)31-22(23)24/h2-9,14,22H,10-13H2,1H3,(H,25,27)/b9-6+. The number of hydrogen-bond acceptors (Lipinski definition) is 6. The lowest BCUT2D eigenvalue weighted by Gasteiger charge is -2.29. The van der Waals surface area contributed by atoms with Gasteiger partial charge in [-0.1, -0.05) is 18.2 Å². The highest BCUT2D eigenvalue weighted by atomic mass is 19.3. The number of nitrogens with one attached hydrogen (secondary N) is 1. The third-order valence-corrected chi connectivity index (χ3v) is 4.59. The first kappa shape index (κ1) is 22.2. The van der Waals surface area contributed by atoms with Crippen LogP contribution in [0.25, 0.3) is 6.08 Å². The Morgan fingerprint density at radius 1 is 1.16 bits per heavy atom. The van der Waals surface area contributed by atoms with Gasteiger partial charge in [0.15, 0.2) is 0 Å². The summed E-state index contributed by atoms with van der Waals surface area (Å²) in [5.41, 5.74) is 1.61. The van der Waals surface area contributed by atoms with Crippen molar-refractivity contribution in [2.75, 3.05) is 43.6 Å². The van der Waals surface area contributed by atoms with Crippen LogP contribution in [-0.2, 0) is 14.3 Å². The summed E-state index contributed by atoms with van der Waals surface area (Å²) in [5, 5.41) is 2.63. The van der Waals surface area contributed by atoms with Crippen LogP contribution in [0.1, 0.15) is 15.9 Å². The molecule has 1 amide bonds. The molecule has 1 heterocycles. The molecular weight excluding hydrogens is 410 g/mol. The number of halogens is 2. The zero-order valence-electron chi connectivity index (χ0n) is 16.8. The van der Waals surface area contributed by atoms with Crippen LogP contribution in [0.2, 0.25) is 0 Å². The predicted molar refractivity (Wildman–Crippen MR) is 112 cm³/mol. The number of nitrogens with zero attached hydrogens (tertiary/aromatic N) is 1. The minimum atomic E-state index is -2.98. The normalized spacial score (nSPS) is 14.0. The highest BCUT2D eigenvalue weighted by Crippen LogP contribution is 2.26. The van der Waals surface area contributed by atoms with E-state index >= 15 is 0 Å². The summed E-state index contributed by atoms with van der Waals surface area (Å²) in [6.07, 6.45) is 2.53. The summed E-state index contributed by atoms with van der Waals surface area (Å²) >= 11 is 0. The average Bonchev–Trinajstić information content (AvgIpc) is 2.78. The Hall–Kier alpha value is -3.46. The van der Waals surface area contributed by atoms with Crippen LogP contribution in [0, 0.1) is 0 Å². The Labute approximate surface area is 178 Å². The number of morpholine rings is 1. The number of ether oxygens (including phenoxy) is 3. The lowest BCUT2D eigenvalue weighted by Crippen LogP contribution is -2.36. The lowest BCUT2D eigenvalue weighted by molar-refractivity contribution is -0.111. The SMILES string of the molecule is COC(=O)c1cc(N2CCOCC2)ccc1NC(=O)/C=C/c1ccccc1OC(F)F. The van der Waals surface area contributed by atoms with Crippen molar-refractivity contribution in [1.29, 1.82) is 0 Å². The number of methoxy groups -OCH3 is 1. The summed E-state index contributed by atoms with van der Waals surface area (Å²) in [5.74, 6) is -1.19. The summed E-state index contributed by atoms with van der Waals surface area (Å²) in [6.45, 7) is -0.415. The summed E-state index contributed by atoms with van der Waals surface area (Å²) in [4.78, 5) is 26.7. The molecule has 164 valence electrons. The van der Waals surface area contributed by atoms with Gasteiger partial charge in [0.1, 0.15) is 5.75 Å². The van der Waals surface area contributed by atoms with Gasteiger partial charge in [0.05, 0.1) is 31.6 Å². The second kappa shape index (κ2) is 10.5. The number of amides is 1. The van der Waals surface area contributed by atoms with Crippen LogP contribution < -0.4 is 15.0 Å². The second-order valence-corrected chi connectivity index (χ2v) is 6.56. The fraction of sp³-hybridized carbons (Fsp3) is 0.273. The molecule has 1 aliphatic rings. The molecule has 0 aliphatic carbocycles. The van der Waals surface area contributed by atoms with Crippen molar-refractivity contribution < 1.29 is 32.6 Å². The van der Waals surface area contributed by atoms with Crippen molar-refractivity contribution in [3.05, 3.63) is 59.7 Å². The molecular formula is C22H22F2N2O5. The molecule has 0 spiro atoms. The van der Waals surface area contributed by atoms with Gasteiger partial charge in [-0.25, -0.2) is 4.79 Å². The van der Waals surface area contributed by atoms with Crippen molar-refractivity contribution >= 4 is 29.3 Å². The van der Waals surface area contributed by atoms with E-state index in [2.05, 4.69) is 15.0 Å². The molecule has 0 atom stereocenters. The lowest BCUT2D eigenvalue weighted by atomic mass is 10.1. The largest absolute Gasteiger partial charge is 0.465 e. The Bertz CT molecular complexity index is 959. The van der Waals surface area contributed by atoms with Crippen LogP contribution in [0.3, 0.4) is 0 Å². The van der Waals surface area contributed by atoms with Crippen molar-refractivity contribution in [2.45, 2.75) is 6.61 Å². The van der Waals surface area contributed by atoms with Gasteiger partial charge in [-0.2, -0.15) is 8.78 Å². The molecule has 0 radical (unpaired) electrons. The van der Waals surface area contributed by atoms with E-state index in [9.17, 15) is 18.4 Å². The first-order chi connectivity index (χ1) is 15.0. The molecule has 1 saturated heterocycles. The maximum atomic E-state index is 12.5. The maximum absolute atomic E-state index is 12.5. The van der Waals surface area contributed by atoms with Gasteiger partial charge in [-0.15, -0.1) is 0 Å². The van der Waals surface area contributed by atoms with Gasteiger partial charge in [-0.3, -0.25) is 4.79 Å². The number of alkyl halides is 2. The first-order valence-corrected chi connectivity index (χ1v) is 9.56. The Balaban J connectivity index is 1.77. The number of anilines is 2. The minimum absolute atomic E-state index is 0.0494. The molecule has 0 unspecified atom stereocenters. The number of hydrogen-bond donors (Lipinski definition) is 1. The quantitative estimate of drug-likeness (QED) is 0.533. The molecule has 31 heavy (non-hydrogen) atoms. The molecule has 2 aromatic carbocycles. The molecule has 9 heteroatoms. The maximum Gasteiger partial charge on any atom is 0.387 e. The number of carbonyl (C=O) groups is 2. The van der Waals surface area contributed by atoms with Crippen LogP contribution in [0.5, 0.6) is 5.75 Å². The first-order valence-electron chi connectivity index (χ1n) is 9.56. The fourth-order valence-corrected chi connectivity index (χ4v) is 3.10. The van der Waals surface area contributed by atoms with E-state index in [-0.39, 0.29) is 17.0 Å². The van der Waals surface area contributed by atoms with Crippen LogP contribution in [0.15, 0.2) is 48.5 Å². The summed E-state index contributed by atoms with van der Waals surface area (Å²) < 4.78 is 39.7. The van der Waals surface area contributed by atoms with Crippen LogP contribution in [0.4, 0.5) is 20.2 Å². The average molecular weight is 432 g/mol. The number of para-hydroxylation sites is 1. The van der Waals surface area contributed by atoms with Crippen LogP contribution in [-0.4, -0.2) is 51.9 Å². The number of carbonyl (C=O) groups excluding carboxylic acids is 2. The van der Waals surface area contributed by atoms with Crippen molar-refractivity contribution in [2.24, 2.45) is 0 Å². The number of esters is 1. The Morgan fingerprint density at radius 3 is 2.61 bits per heavy atom. The highest BCUT2D eigenvalue weighted by Gasteiger charge is 2.18. The molecule has 1 N–H and O–H groups in total. The van der Waals surface area contributed by atoms with Gasteiger partial charge >= 0.3 is 12.6 Å². The smallest absolute Gasteiger partial charge is 0.387 e. The Kier molecular flexibility index (Phi) is 7.55. The van der Waals surface area contributed by atoms with E-state index in [1.165, 1.54) is 25.3 Å². The molecule has 0 aromatic heterocycles. The zero-order chi connectivity index (χ0) is 22.2. The van der Waals surface area contributed by atoms with Crippen molar-refractivity contribution in [3.63, 3.8) is 0 Å². The van der Waals surface area contributed by atoms with Crippen molar-refractivity contribution in [3.8, 4) is 5.75 Å². The van der Waals surface area contributed by atoms with E-state index in [1.807, 2.05) is 0 Å². The molecule has 0 bridgehead atoms. The zero-order valence-corrected chi connectivity index (χ0v) is 16.8. The molecule has 0 saturated carbocycles. The van der Waals surface area contributed by atoms with Gasteiger partial charge in [0.25, 0.3) is 0 Å². The second-order valence-electron chi connectivity index (χ2n) is 6.56. The van der Waals surface area contributed by atoms with Gasteiger partial charge in [-0.05, 0) is 30.3 Å². The van der Waals surface area contributed by atoms with E-state index in [4.69, 9.17) is 9.47 Å². The summed E-state index contributed by atoms with van der Waals surface area (Å²) in [6, 6.07) is 11.2. The Morgan fingerprint density at radius 2 is 1.90 bits per heavy atom. The molecule has 2 aromatic rings. The van der Waals surface area contributed by atoms with E-state index in [1.54, 1.807) is 36.4 Å².